The fraction of sp³-hybridized carbons (Fsp3) is 0.875. The Labute approximate surface area is 209 Å². The molecule has 0 saturated heterocycles. The van der Waals surface area contributed by atoms with Gasteiger partial charge in [0.2, 0.25) is 11.8 Å². The Morgan fingerprint density at radius 3 is 1.74 bits per heavy atom. The van der Waals surface area contributed by atoms with Crippen molar-refractivity contribution in [2.45, 2.75) is 64.4 Å². The summed E-state index contributed by atoms with van der Waals surface area (Å²) in [7, 11) is 0. The fourth-order valence-electron chi connectivity index (χ4n) is 2.66. The van der Waals surface area contributed by atoms with Crippen LogP contribution >= 0.6 is 11.8 Å². The topological polar surface area (TPSA) is 112 Å². The molecule has 0 radical (unpaired) electrons. The van der Waals surface area contributed by atoms with E-state index in [9.17, 15) is 14.4 Å². The molecule has 0 saturated carbocycles. The third-order valence-electron chi connectivity index (χ3n) is 4.57. The average molecular weight is 507 g/mol. The molecule has 2 amide bonds. The summed E-state index contributed by atoms with van der Waals surface area (Å²) < 4.78 is 21.6. The Morgan fingerprint density at radius 2 is 1.24 bits per heavy atom. The van der Waals surface area contributed by atoms with Gasteiger partial charge < -0.3 is 29.6 Å². The Hall–Kier alpha value is -1.20. The molecule has 0 aromatic rings. The second kappa shape index (κ2) is 22.3. The van der Waals surface area contributed by atoms with Crippen LogP contribution in [0.25, 0.3) is 0 Å². The van der Waals surface area contributed by atoms with Crippen LogP contribution in [0.4, 0.5) is 0 Å². The van der Waals surface area contributed by atoms with Crippen molar-refractivity contribution in [3.05, 3.63) is 0 Å². The molecule has 1 unspecified atom stereocenters. The molecule has 0 aromatic heterocycles. The number of rotatable bonds is 23. The van der Waals surface area contributed by atoms with Crippen LogP contribution in [0.1, 0.15) is 53.9 Å². The first-order chi connectivity index (χ1) is 16.3. The Balaban J connectivity index is 3.41. The molecule has 9 nitrogen and oxygen atoms in total. The summed E-state index contributed by atoms with van der Waals surface area (Å²) in [5.74, 6) is 0.141. The number of thioether (sulfide) groups is 1. The van der Waals surface area contributed by atoms with E-state index in [1.807, 2.05) is 20.8 Å². The van der Waals surface area contributed by atoms with E-state index in [4.69, 9.17) is 18.9 Å². The second-order valence-electron chi connectivity index (χ2n) is 8.29. The normalized spacial score (nSPS) is 12.2. The summed E-state index contributed by atoms with van der Waals surface area (Å²) in [6, 6.07) is 0. The third kappa shape index (κ3) is 20.2. The van der Waals surface area contributed by atoms with Crippen LogP contribution in [-0.2, 0) is 33.3 Å². The number of ketones is 1. The lowest BCUT2D eigenvalue weighted by molar-refractivity contribution is -0.123. The van der Waals surface area contributed by atoms with Crippen LogP contribution in [0, 0.1) is 5.92 Å². The summed E-state index contributed by atoms with van der Waals surface area (Å²) in [5.41, 5.74) is 0. The smallest absolute Gasteiger partial charge is 0.233 e. The van der Waals surface area contributed by atoms with Gasteiger partial charge in [0.15, 0.2) is 0 Å². The van der Waals surface area contributed by atoms with Gasteiger partial charge in [-0.3, -0.25) is 14.4 Å². The van der Waals surface area contributed by atoms with E-state index in [2.05, 4.69) is 24.5 Å². The number of Topliss-reactive ketones (excluding diaryl/α,β-unsaturated/α-hetero) is 1. The molecule has 200 valence electrons. The van der Waals surface area contributed by atoms with E-state index in [1.54, 1.807) is 11.8 Å². The van der Waals surface area contributed by atoms with Gasteiger partial charge in [0, 0.05) is 31.8 Å². The van der Waals surface area contributed by atoms with Gasteiger partial charge in [-0.1, -0.05) is 34.6 Å². The van der Waals surface area contributed by atoms with E-state index in [-0.39, 0.29) is 35.2 Å². The highest BCUT2D eigenvalue weighted by Gasteiger charge is 2.18. The SMILES string of the molecule is CCC(SC(C)C)C(=O)NCCC(=O)NCCOCCOCCOCCOCCC(=O)C(C)C. The summed E-state index contributed by atoms with van der Waals surface area (Å²) in [6.07, 6.45) is 1.46. The van der Waals surface area contributed by atoms with E-state index in [0.29, 0.717) is 77.6 Å². The maximum absolute atomic E-state index is 12.1. The van der Waals surface area contributed by atoms with Crippen molar-refractivity contribution in [1.29, 1.82) is 0 Å². The molecular weight excluding hydrogens is 460 g/mol. The highest BCUT2D eigenvalue weighted by molar-refractivity contribution is 8.01. The van der Waals surface area contributed by atoms with Gasteiger partial charge in [-0.2, -0.15) is 0 Å². The summed E-state index contributed by atoms with van der Waals surface area (Å²) >= 11 is 1.64. The van der Waals surface area contributed by atoms with Crippen LogP contribution in [0.5, 0.6) is 0 Å². The lowest BCUT2D eigenvalue weighted by atomic mass is 10.1. The molecule has 0 aliphatic carbocycles. The summed E-state index contributed by atoms with van der Waals surface area (Å²) in [4.78, 5) is 35.4. The zero-order valence-corrected chi connectivity index (χ0v) is 22.5. The standard InChI is InChI=1S/C24H46N2O7S/c1-6-22(34-20(4)5)24(29)26-9-7-23(28)25-10-12-31-14-16-33-18-17-32-15-13-30-11-8-21(27)19(2)3/h19-20,22H,6-18H2,1-5H3,(H,25,28)(H,26,29). The van der Waals surface area contributed by atoms with Crippen LogP contribution in [0.3, 0.4) is 0 Å². The van der Waals surface area contributed by atoms with Crippen molar-refractivity contribution in [3.63, 3.8) is 0 Å². The van der Waals surface area contributed by atoms with Crippen LogP contribution in [0.15, 0.2) is 0 Å². The minimum atomic E-state index is -0.114. The molecule has 0 aliphatic heterocycles. The first-order valence-electron chi connectivity index (χ1n) is 12.3. The zero-order chi connectivity index (χ0) is 25.6. The molecule has 0 aromatic carbocycles. The number of nitrogens with one attached hydrogen (secondary N) is 2. The third-order valence-corrected chi connectivity index (χ3v) is 5.99. The average Bonchev–Trinajstić information content (AvgIpc) is 2.79. The molecule has 0 bridgehead atoms. The number of carbonyl (C=O) groups excluding carboxylic acids is 3. The first-order valence-corrected chi connectivity index (χ1v) is 13.3. The molecule has 0 heterocycles. The van der Waals surface area contributed by atoms with Gasteiger partial charge in [0.25, 0.3) is 0 Å². The second-order valence-corrected chi connectivity index (χ2v) is 10.1. The molecule has 1 atom stereocenters. The Bertz CT molecular complexity index is 547. The minimum Gasteiger partial charge on any atom is -0.379 e. The summed E-state index contributed by atoms with van der Waals surface area (Å²) in [5, 5.41) is 5.92. The largest absolute Gasteiger partial charge is 0.379 e. The number of hydrogen-bond acceptors (Lipinski definition) is 8. The van der Waals surface area contributed by atoms with E-state index < -0.39 is 0 Å². The molecular formula is C24H46N2O7S. The van der Waals surface area contributed by atoms with Crippen molar-refractivity contribution in [2.24, 2.45) is 5.92 Å². The van der Waals surface area contributed by atoms with Crippen molar-refractivity contribution in [1.82, 2.24) is 10.6 Å². The van der Waals surface area contributed by atoms with E-state index in [1.165, 1.54) is 0 Å². The zero-order valence-electron chi connectivity index (χ0n) is 21.7. The van der Waals surface area contributed by atoms with Crippen molar-refractivity contribution in [3.8, 4) is 0 Å². The lowest BCUT2D eigenvalue weighted by Crippen LogP contribution is -2.36. The molecule has 10 heteroatoms. The Kier molecular flexibility index (Phi) is 21.5. The molecule has 34 heavy (non-hydrogen) atoms. The number of carbonyl (C=O) groups is 3. The van der Waals surface area contributed by atoms with Crippen molar-refractivity contribution in [2.75, 3.05) is 65.9 Å². The van der Waals surface area contributed by atoms with Gasteiger partial charge in [0.1, 0.15) is 5.78 Å². The number of ether oxygens (including phenoxy) is 4. The van der Waals surface area contributed by atoms with Gasteiger partial charge in [-0.15, -0.1) is 11.8 Å². The van der Waals surface area contributed by atoms with E-state index in [0.717, 1.165) is 6.42 Å². The maximum atomic E-state index is 12.1. The van der Waals surface area contributed by atoms with Gasteiger partial charge in [0.05, 0.1) is 58.1 Å². The monoisotopic (exact) mass is 506 g/mol. The molecule has 0 rings (SSSR count). The predicted molar refractivity (Wildman–Crippen MR) is 135 cm³/mol. The number of hydrogen-bond donors (Lipinski definition) is 2. The van der Waals surface area contributed by atoms with Crippen LogP contribution < -0.4 is 10.6 Å². The quantitative estimate of drug-likeness (QED) is 0.203. The minimum absolute atomic E-state index is 0.00846. The van der Waals surface area contributed by atoms with Gasteiger partial charge >= 0.3 is 0 Å². The fourth-order valence-corrected chi connectivity index (χ4v) is 3.72. The highest BCUT2D eigenvalue weighted by atomic mass is 32.2. The van der Waals surface area contributed by atoms with Gasteiger partial charge in [-0.05, 0) is 11.7 Å². The molecule has 2 N–H and O–H groups in total. The van der Waals surface area contributed by atoms with Gasteiger partial charge in [-0.25, -0.2) is 0 Å². The Morgan fingerprint density at radius 1 is 0.706 bits per heavy atom. The predicted octanol–water partition coefficient (Wildman–Crippen LogP) is 2.21. The van der Waals surface area contributed by atoms with Crippen molar-refractivity contribution < 1.29 is 33.3 Å². The molecule has 0 spiro atoms. The highest BCUT2D eigenvalue weighted by Crippen LogP contribution is 2.19. The van der Waals surface area contributed by atoms with Crippen molar-refractivity contribution >= 4 is 29.4 Å². The lowest BCUT2D eigenvalue weighted by Gasteiger charge is -2.16. The molecule has 0 fully saturated rings. The molecule has 0 aliphatic rings. The summed E-state index contributed by atoms with van der Waals surface area (Å²) in [6.45, 7) is 14.2. The van der Waals surface area contributed by atoms with Crippen LogP contribution in [0.2, 0.25) is 0 Å². The number of amides is 2. The van der Waals surface area contributed by atoms with Crippen LogP contribution in [-0.4, -0.2) is 94.0 Å². The maximum Gasteiger partial charge on any atom is 0.233 e. The van der Waals surface area contributed by atoms with E-state index >= 15 is 0 Å². The first kappa shape index (κ1) is 32.8.